The molecule has 1 aliphatic heterocycles. The predicted molar refractivity (Wildman–Crippen MR) is 85.1 cm³/mol. The number of nitrogens with one attached hydrogen (secondary N) is 2. The van der Waals surface area contributed by atoms with Crippen molar-refractivity contribution in [1.82, 2.24) is 5.32 Å². The number of carbonyl (C=O) groups excluding carboxylic acids is 2. The van der Waals surface area contributed by atoms with E-state index in [1.807, 2.05) is 0 Å². The topological polar surface area (TPSA) is 96.7 Å². The van der Waals surface area contributed by atoms with Gasteiger partial charge in [-0.25, -0.2) is 13.2 Å². The number of alkyl halides is 2. The van der Waals surface area contributed by atoms with E-state index < -0.39 is 30.7 Å². The second kappa shape index (κ2) is 8.79. The van der Waals surface area contributed by atoms with E-state index in [9.17, 15) is 22.8 Å². The molecule has 1 heterocycles. The van der Waals surface area contributed by atoms with Crippen LogP contribution < -0.4 is 21.3 Å². The molecule has 0 aromatic heterocycles. The van der Waals surface area contributed by atoms with Gasteiger partial charge in [0.2, 0.25) is 5.91 Å². The summed E-state index contributed by atoms with van der Waals surface area (Å²) in [6.07, 6.45) is -2.64. The zero-order valence-corrected chi connectivity index (χ0v) is 13.3. The number of hydrogen-bond donors (Lipinski definition) is 3. The van der Waals surface area contributed by atoms with Gasteiger partial charge in [-0.3, -0.25) is 14.9 Å². The Morgan fingerprint density at radius 2 is 2.16 bits per heavy atom. The molecule has 0 radical (unpaired) electrons. The second-order valence-corrected chi connectivity index (χ2v) is 5.34. The zero-order chi connectivity index (χ0) is 18.4. The first-order valence-corrected chi connectivity index (χ1v) is 7.62. The molecule has 1 aliphatic rings. The van der Waals surface area contributed by atoms with Crippen LogP contribution in [0.25, 0.3) is 0 Å². The number of morpholine rings is 1. The van der Waals surface area contributed by atoms with Crippen molar-refractivity contribution in [3.8, 4) is 0 Å². The molecule has 0 spiro atoms. The lowest BCUT2D eigenvalue weighted by molar-refractivity contribution is -0.125. The first kappa shape index (κ1) is 19.2. The van der Waals surface area contributed by atoms with E-state index >= 15 is 0 Å². The summed E-state index contributed by atoms with van der Waals surface area (Å²) in [6, 6.07) is 2.81. The fourth-order valence-corrected chi connectivity index (χ4v) is 2.30. The van der Waals surface area contributed by atoms with Gasteiger partial charge < -0.3 is 20.7 Å². The third kappa shape index (κ3) is 5.15. The summed E-state index contributed by atoms with van der Waals surface area (Å²) in [6.45, 7) is -0.346. The fourth-order valence-electron chi connectivity index (χ4n) is 2.30. The molecule has 138 valence electrons. The Balaban J connectivity index is 2.04. The molecule has 4 N–H and O–H groups in total. The highest BCUT2D eigenvalue weighted by Gasteiger charge is 2.22. The highest BCUT2D eigenvalue weighted by atomic mass is 19.3. The Kier molecular flexibility index (Phi) is 6.73. The lowest BCUT2D eigenvalue weighted by Crippen LogP contribution is -2.47. The number of ether oxygens (including phenoxy) is 1. The standard InChI is InChI=1S/C15H19F3N4O3/c16-10-5-9(22-3-4-25-8-14(22)23)1-2-11(10)21-15(24)12(6-19)20-7-13(17)18/h1-2,5,12-13,20H,3-4,6-8,19H2,(H,21,24)/t12-/m1/s1. The molecular weight excluding hydrogens is 341 g/mol. The number of amides is 2. The monoisotopic (exact) mass is 360 g/mol. The van der Waals surface area contributed by atoms with Crippen molar-refractivity contribution in [1.29, 1.82) is 0 Å². The van der Waals surface area contributed by atoms with Crippen molar-refractivity contribution >= 4 is 23.2 Å². The Morgan fingerprint density at radius 3 is 2.76 bits per heavy atom. The molecule has 2 rings (SSSR count). The third-order valence-electron chi connectivity index (χ3n) is 3.58. The van der Waals surface area contributed by atoms with Gasteiger partial charge in [-0.1, -0.05) is 0 Å². The molecule has 0 saturated carbocycles. The molecule has 0 unspecified atom stereocenters. The average Bonchev–Trinajstić information content (AvgIpc) is 2.57. The van der Waals surface area contributed by atoms with Gasteiger partial charge in [0, 0.05) is 18.8 Å². The highest BCUT2D eigenvalue weighted by Crippen LogP contribution is 2.23. The highest BCUT2D eigenvalue weighted by molar-refractivity contribution is 5.97. The molecule has 7 nitrogen and oxygen atoms in total. The van der Waals surface area contributed by atoms with Crippen molar-refractivity contribution in [2.45, 2.75) is 12.5 Å². The number of anilines is 2. The SMILES string of the molecule is NC[C@@H](NCC(F)F)C(=O)Nc1ccc(N2CCOCC2=O)cc1F. The van der Waals surface area contributed by atoms with Gasteiger partial charge in [0.15, 0.2) is 0 Å². The van der Waals surface area contributed by atoms with E-state index in [4.69, 9.17) is 10.5 Å². The molecule has 1 aromatic carbocycles. The molecule has 0 bridgehead atoms. The minimum atomic E-state index is -2.64. The van der Waals surface area contributed by atoms with Crippen LogP contribution in [-0.2, 0) is 14.3 Å². The van der Waals surface area contributed by atoms with Crippen LogP contribution in [0.3, 0.4) is 0 Å². The summed E-state index contributed by atoms with van der Waals surface area (Å²) < 4.78 is 43.6. The van der Waals surface area contributed by atoms with Crippen LogP contribution in [0.2, 0.25) is 0 Å². The molecule has 1 saturated heterocycles. The summed E-state index contributed by atoms with van der Waals surface area (Å²) in [7, 11) is 0. The number of hydrogen-bond acceptors (Lipinski definition) is 5. The van der Waals surface area contributed by atoms with E-state index in [1.165, 1.54) is 17.0 Å². The molecule has 1 aromatic rings. The van der Waals surface area contributed by atoms with Crippen molar-refractivity contribution in [2.24, 2.45) is 5.73 Å². The molecule has 1 atom stereocenters. The number of nitrogens with zero attached hydrogens (tertiary/aromatic N) is 1. The van der Waals surface area contributed by atoms with Crippen LogP contribution in [-0.4, -0.2) is 57.1 Å². The molecule has 1 fully saturated rings. The first-order chi connectivity index (χ1) is 11.9. The number of rotatable bonds is 7. The maximum Gasteiger partial charge on any atom is 0.253 e. The largest absolute Gasteiger partial charge is 0.370 e. The molecule has 25 heavy (non-hydrogen) atoms. The van der Waals surface area contributed by atoms with E-state index in [-0.39, 0.29) is 24.7 Å². The van der Waals surface area contributed by atoms with Crippen LogP contribution in [0.5, 0.6) is 0 Å². The van der Waals surface area contributed by atoms with E-state index in [2.05, 4.69) is 10.6 Å². The first-order valence-electron chi connectivity index (χ1n) is 7.62. The van der Waals surface area contributed by atoms with Gasteiger partial charge >= 0.3 is 0 Å². The summed E-state index contributed by atoms with van der Waals surface area (Å²) in [5, 5.41) is 4.60. The predicted octanol–water partition coefficient (Wildman–Crippen LogP) is 0.309. The summed E-state index contributed by atoms with van der Waals surface area (Å²) in [5.74, 6) is -1.77. The number of benzene rings is 1. The number of nitrogens with two attached hydrogens (primary N) is 1. The quantitative estimate of drug-likeness (QED) is 0.650. The lowest BCUT2D eigenvalue weighted by Gasteiger charge is -2.27. The smallest absolute Gasteiger partial charge is 0.253 e. The van der Waals surface area contributed by atoms with E-state index in [1.54, 1.807) is 0 Å². The Hall–Kier alpha value is -2.17. The van der Waals surface area contributed by atoms with Gasteiger partial charge in [0.05, 0.1) is 24.9 Å². The maximum atomic E-state index is 14.2. The van der Waals surface area contributed by atoms with Crippen LogP contribution in [0.15, 0.2) is 18.2 Å². The van der Waals surface area contributed by atoms with Crippen molar-refractivity contribution in [3.05, 3.63) is 24.0 Å². The van der Waals surface area contributed by atoms with Crippen molar-refractivity contribution < 1.29 is 27.5 Å². The van der Waals surface area contributed by atoms with Gasteiger partial charge in [-0.2, -0.15) is 0 Å². The summed E-state index contributed by atoms with van der Waals surface area (Å²) >= 11 is 0. The number of halogens is 3. The maximum absolute atomic E-state index is 14.2. The van der Waals surface area contributed by atoms with Crippen molar-refractivity contribution in [3.63, 3.8) is 0 Å². The van der Waals surface area contributed by atoms with E-state index in [0.717, 1.165) is 6.07 Å². The van der Waals surface area contributed by atoms with Crippen LogP contribution in [0, 0.1) is 5.82 Å². The van der Waals surface area contributed by atoms with Crippen LogP contribution >= 0.6 is 0 Å². The average molecular weight is 360 g/mol. The molecular formula is C15H19F3N4O3. The summed E-state index contributed by atoms with van der Waals surface area (Å²) in [4.78, 5) is 25.1. The molecule has 2 amide bonds. The van der Waals surface area contributed by atoms with Crippen molar-refractivity contribution in [2.75, 3.05) is 43.1 Å². The van der Waals surface area contributed by atoms with E-state index in [0.29, 0.717) is 18.8 Å². The van der Waals surface area contributed by atoms with Gasteiger partial charge in [0.25, 0.3) is 12.3 Å². The minimum absolute atomic E-state index is 0.0753. The van der Waals surface area contributed by atoms with Gasteiger partial charge in [-0.15, -0.1) is 0 Å². The third-order valence-corrected chi connectivity index (χ3v) is 3.58. The Morgan fingerprint density at radius 1 is 1.40 bits per heavy atom. The second-order valence-electron chi connectivity index (χ2n) is 5.34. The minimum Gasteiger partial charge on any atom is -0.370 e. The number of carbonyl (C=O) groups is 2. The Labute approximate surface area is 142 Å². The lowest BCUT2D eigenvalue weighted by atomic mass is 10.2. The van der Waals surface area contributed by atoms with Gasteiger partial charge in [-0.05, 0) is 18.2 Å². The normalized spacial score (nSPS) is 16.2. The molecule has 0 aliphatic carbocycles. The Bertz CT molecular complexity index is 630. The van der Waals surface area contributed by atoms with Crippen LogP contribution in [0.4, 0.5) is 24.5 Å². The molecule has 10 heteroatoms. The van der Waals surface area contributed by atoms with Gasteiger partial charge in [0.1, 0.15) is 12.4 Å². The van der Waals surface area contributed by atoms with Crippen LogP contribution in [0.1, 0.15) is 0 Å². The zero-order valence-electron chi connectivity index (χ0n) is 13.3. The fraction of sp³-hybridized carbons (Fsp3) is 0.467. The summed E-state index contributed by atoms with van der Waals surface area (Å²) in [5.41, 5.74) is 5.58.